The maximum Gasteiger partial charge on any atom is 0.337 e. The summed E-state index contributed by atoms with van der Waals surface area (Å²) in [6.45, 7) is 1.77. The number of carboxylic acid groups (broad SMARTS) is 1. The van der Waals surface area contributed by atoms with E-state index in [2.05, 4.69) is 10.5 Å². The highest BCUT2D eigenvalue weighted by Crippen LogP contribution is 2.21. The highest BCUT2D eigenvalue weighted by atomic mass is 35.5. The van der Waals surface area contributed by atoms with Crippen LogP contribution < -0.4 is 5.43 Å². The number of aromatic hydroxyl groups is 1. The number of phenols is 1. The molecule has 21 heavy (non-hydrogen) atoms. The zero-order valence-corrected chi connectivity index (χ0v) is 11.9. The molecule has 108 valence electrons. The zero-order chi connectivity index (χ0) is 15.4. The SMILES string of the molecule is CC(=NNc1ccc(Cl)c(C(=O)O)c1)c1cccc(O)c1. The molecule has 0 bridgehead atoms. The Morgan fingerprint density at radius 3 is 2.67 bits per heavy atom. The van der Waals surface area contributed by atoms with Crippen molar-refractivity contribution in [2.75, 3.05) is 5.43 Å². The smallest absolute Gasteiger partial charge is 0.337 e. The van der Waals surface area contributed by atoms with Gasteiger partial charge in [0.05, 0.1) is 22.0 Å². The number of carboxylic acids is 1. The number of nitrogens with one attached hydrogen (secondary N) is 1. The van der Waals surface area contributed by atoms with E-state index in [0.29, 0.717) is 11.4 Å². The Bertz CT molecular complexity index is 714. The average Bonchev–Trinajstić information content (AvgIpc) is 2.45. The number of hydrazone groups is 1. The lowest BCUT2D eigenvalue weighted by atomic mass is 10.1. The lowest BCUT2D eigenvalue weighted by Gasteiger charge is -2.06. The van der Waals surface area contributed by atoms with Gasteiger partial charge in [0.15, 0.2) is 0 Å². The third-order valence-corrected chi connectivity index (χ3v) is 3.14. The van der Waals surface area contributed by atoms with Gasteiger partial charge in [-0.2, -0.15) is 5.10 Å². The summed E-state index contributed by atoms with van der Waals surface area (Å²) in [5.41, 5.74) is 4.70. The summed E-state index contributed by atoms with van der Waals surface area (Å²) in [5, 5.41) is 22.7. The number of halogens is 1. The largest absolute Gasteiger partial charge is 0.508 e. The molecule has 0 unspecified atom stereocenters. The Morgan fingerprint density at radius 1 is 1.24 bits per heavy atom. The summed E-state index contributed by atoms with van der Waals surface area (Å²) < 4.78 is 0. The van der Waals surface area contributed by atoms with Gasteiger partial charge < -0.3 is 10.2 Å². The van der Waals surface area contributed by atoms with Crippen LogP contribution in [0.25, 0.3) is 0 Å². The van der Waals surface area contributed by atoms with Gasteiger partial charge in [-0.1, -0.05) is 23.7 Å². The quantitative estimate of drug-likeness (QED) is 0.595. The van der Waals surface area contributed by atoms with Gasteiger partial charge in [0, 0.05) is 5.56 Å². The predicted molar refractivity (Wildman–Crippen MR) is 82.4 cm³/mol. The fourth-order valence-electron chi connectivity index (χ4n) is 1.70. The van der Waals surface area contributed by atoms with E-state index in [4.69, 9.17) is 16.7 Å². The standard InChI is InChI=1S/C15H13ClN2O3/c1-9(10-3-2-4-12(19)7-10)17-18-11-5-6-14(16)13(8-11)15(20)21/h2-8,18-19H,1H3,(H,20,21). The molecule has 6 heteroatoms. The van der Waals surface area contributed by atoms with E-state index in [1.54, 1.807) is 31.2 Å². The summed E-state index contributed by atoms with van der Waals surface area (Å²) in [4.78, 5) is 11.0. The first-order chi connectivity index (χ1) is 9.97. The van der Waals surface area contributed by atoms with Crippen molar-refractivity contribution in [2.24, 2.45) is 5.10 Å². The first-order valence-corrected chi connectivity index (χ1v) is 6.47. The lowest BCUT2D eigenvalue weighted by Crippen LogP contribution is -2.02. The molecule has 2 rings (SSSR count). The number of hydrogen-bond acceptors (Lipinski definition) is 4. The molecule has 0 fully saturated rings. The molecule has 0 atom stereocenters. The van der Waals surface area contributed by atoms with Crippen LogP contribution >= 0.6 is 11.6 Å². The topological polar surface area (TPSA) is 81.9 Å². The van der Waals surface area contributed by atoms with Crippen LogP contribution in [0.2, 0.25) is 5.02 Å². The number of nitrogens with zero attached hydrogens (tertiary/aromatic N) is 1. The molecule has 0 aromatic heterocycles. The monoisotopic (exact) mass is 304 g/mol. The molecule has 0 aliphatic rings. The van der Waals surface area contributed by atoms with Crippen LogP contribution in [0.4, 0.5) is 5.69 Å². The van der Waals surface area contributed by atoms with Crippen molar-refractivity contribution in [3.8, 4) is 5.75 Å². The number of aromatic carboxylic acids is 1. The van der Waals surface area contributed by atoms with E-state index in [0.717, 1.165) is 5.56 Å². The third-order valence-electron chi connectivity index (χ3n) is 2.81. The maximum absolute atomic E-state index is 11.0. The first-order valence-electron chi connectivity index (χ1n) is 6.10. The normalized spacial score (nSPS) is 11.2. The fraction of sp³-hybridized carbons (Fsp3) is 0.0667. The van der Waals surface area contributed by atoms with Crippen LogP contribution in [0.15, 0.2) is 47.6 Å². The van der Waals surface area contributed by atoms with Crippen molar-refractivity contribution >= 4 is 29.0 Å². The van der Waals surface area contributed by atoms with Crippen molar-refractivity contribution in [2.45, 2.75) is 6.92 Å². The fourth-order valence-corrected chi connectivity index (χ4v) is 1.90. The van der Waals surface area contributed by atoms with Gasteiger partial charge in [-0.3, -0.25) is 5.43 Å². The summed E-state index contributed by atoms with van der Waals surface area (Å²) in [5.74, 6) is -0.945. The maximum atomic E-state index is 11.0. The Labute approximate surface area is 126 Å². The molecule has 0 aliphatic carbocycles. The summed E-state index contributed by atoms with van der Waals surface area (Å²) in [7, 11) is 0. The number of hydrogen-bond donors (Lipinski definition) is 3. The Hall–Kier alpha value is -2.53. The summed E-state index contributed by atoms with van der Waals surface area (Å²) in [6.07, 6.45) is 0. The summed E-state index contributed by atoms with van der Waals surface area (Å²) >= 11 is 5.80. The van der Waals surface area contributed by atoms with E-state index in [1.165, 1.54) is 12.1 Å². The van der Waals surface area contributed by atoms with Gasteiger partial charge in [-0.05, 0) is 37.3 Å². The number of phenolic OH excluding ortho intramolecular Hbond substituents is 1. The van der Waals surface area contributed by atoms with Gasteiger partial charge in [-0.15, -0.1) is 0 Å². The second kappa shape index (κ2) is 6.28. The minimum Gasteiger partial charge on any atom is -0.508 e. The van der Waals surface area contributed by atoms with Crippen LogP contribution in [0.3, 0.4) is 0 Å². The van der Waals surface area contributed by atoms with E-state index < -0.39 is 5.97 Å². The van der Waals surface area contributed by atoms with Gasteiger partial charge in [0.2, 0.25) is 0 Å². The molecule has 5 nitrogen and oxygen atoms in total. The molecular formula is C15H13ClN2O3. The number of benzene rings is 2. The van der Waals surface area contributed by atoms with E-state index in [-0.39, 0.29) is 16.3 Å². The molecule has 3 N–H and O–H groups in total. The summed E-state index contributed by atoms with van der Waals surface area (Å²) in [6, 6.07) is 11.2. The van der Waals surface area contributed by atoms with E-state index >= 15 is 0 Å². The number of carbonyl (C=O) groups is 1. The van der Waals surface area contributed by atoms with Crippen LogP contribution in [0.5, 0.6) is 5.75 Å². The minimum absolute atomic E-state index is 0.00637. The van der Waals surface area contributed by atoms with Gasteiger partial charge in [0.25, 0.3) is 0 Å². The molecule has 0 aliphatic heterocycles. The molecule has 0 saturated carbocycles. The molecule has 0 amide bonds. The van der Waals surface area contributed by atoms with Crippen molar-refractivity contribution in [3.05, 3.63) is 58.6 Å². The van der Waals surface area contributed by atoms with Gasteiger partial charge in [-0.25, -0.2) is 4.79 Å². The second-order valence-electron chi connectivity index (χ2n) is 4.36. The Morgan fingerprint density at radius 2 is 2.00 bits per heavy atom. The highest BCUT2D eigenvalue weighted by molar-refractivity contribution is 6.33. The molecule has 2 aromatic carbocycles. The van der Waals surface area contributed by atoms with E-state index in [1.807, 2.05) is 6.07 Å². The lowest BCUT2D eigenvalue weighted by molar-refractivity contribution is 0.0697. The van der Waals surface area contributed by atoms with Crippen LogP contribution in [-0.4, -0.2) is 21.9 Å². The Kier molecular flexibility index (Phi) is 4.45. The van der Waals surface area contributed by atoms with E-state index in [9.17, 15) is 9.90 Å². The second-order valence-corrected chi connectivity index (χ2v) is 4.77. The van der Waals surface area contributed by atoms with Gasteiger partial charge >= 0.3 is 5.97 Å². The van der Waals surface area contributed by atoms with Crippen LogP contribution in [-0.2, 0) is 0 Å². The first kappa shape index (κ1) is 14.9. The Balaban J connectivity index is 2.21. The van der Waals surface area contributed by atoms with Crippen LogP contribution in [0, 0.1) is 0 Å². The van der Waals surface area contributed by atoms with Crippen molar-refractivity contribution < 1.29 is 15.0 Å². The third kappa shape index (κ3) is 3.73. The minimum atomic E-state index is -1.10. The van der Waals surface area contributed by atoms with Crippen molar-refractivity contribution in [1.29, 1.82) is 0 Å². The molecular weight excluding hydrogens is 292 g/mol. The average molecular weight is 305 g/mol. The molecule has 2 aromatic rings. The molecule has 0 saturated heterocycles. The molecule has 0 heterocycles. The van der Waals surface area contributed by atoms with Crippen LogP contribution in [0.1, 0.15) is 22.8 Å². The predicted octanol–water partition coefficient (Wildman–Crippen LogP) is 3.58. The highest BCUT2D eigenvalue weighted by Gasteiger charge is 2.09. The van der Waals surface area contributed by atoms with Crippen molar-refractivity contribution in [3.63, 3.8) is 0 Å². The zero-order valence-electron chi connectivity index (χ0n) is 11.2. The number of anilines is 1. The molecule has 0 radical (unpaired) electrons. The molecule has 0 spiro atoms. The van der Waals surface area contributed by atoms with Gasteiger partial charge in [0.1, 0.15) is 5.75 Å². The number of rotatable bonds is 4. The van der Waals surface area contributed by atoms with Crippen molar-refractivity contribution in [1.82, 2.24) is 0 Å².